The fourth-order valence-corrected chi connectivity index (χ4v) is 2.60. The van der Waals surface area contributed by atoms with Crippen molar-refractivity contribution in [3.05, 3.63) is 94.0 Å². The van der Waals surface area contributed by atoms with Crippen molar-refractivity contribution in [3.63, 3.8) is 0 Å². The van der Waals surface area contributed by atoms with E-state index in [9.17, 15) is 14.9 Å². The predicted octanol–water partition coefficient (Wildman–Crippen LogP) is 5.43. The normalized spacial score (nSPS) is 10.7. The van der Waals surface area contributed by atoms with E-state index in [-0.39, 0.29) is 17.9 Å². The lowest BCUT2D eigenvalue weighted by atomic mass is 10.2. The van der Waals surface area contributed by atoms with Gasteiger partial charge in [0, 0.05) is 31.9 Å². The lowest BCUT2D eigenvalue weighted by molar-refractivity contribution is -0.384. The van der Waals surface area contributed by atoms with Crippen LogP contribution in [0, 0.1) is 10.1 Å². The molecule has 0 aliphatic heterocycles. The highest BCUT2D eigenvalue weighted by Gasteiger charge is 2.13. The van der Waals surface area contributed by atoms with Gasteiger partial charge in [0.15, 0.2) is 0 Å². The first-order valence-corrected chi connectivity index (χ1v) is 9.12. The summed E-state index contributed by atoms with van der Waals surface area (Å²) in [6.45, 7) is -0.00565. The second-order valence-corrected chi connectivity index (χ2v) is 6.63. The van der Waals surface area contributed by atoms with Crippen LogP contribution in [0.25, 0.3) is 0 Å². The Morgan fingerprint density at radius 3 is 2.27 bits per heavy atom. The van der Waals surface area contributed by atoms with Gasteiger partial charge in [0.2, 0.25) is 0 Å². The van der Waals surface area contributed by atoms with Gasteiger partial charge in [-0.05, 0) is 54.1 Å². The van der Waals surface area contributed by atoms with Crippen molar-refractivity contribution < 1.29 is 14.5 Å². The number of ether oxygens (including phenoxy) is 1. The minimum Gasteiger partial charge on any atom is -0.457 e. The molecule has 0 bridgehead atoms. The number of hydrogen-bond acceptors (Lipinski definition) is 7. The molecule has 0 aliphatic carbocycles. The van der Waals surface area contributed by atoms with Gasteiger partial charge in [0.25, 0.3) is 5.69 Å². The molecule has 0 fully saturated rings. The third kappa shape index (κ3) is 5.26. The molecule has 8 heteroatoms. The smallest absolute Gasteiger partial charge is 0.340 e. The highest BCUT2D eigenvalue weighted by atomic mass is 16.6. The molecule has 152 valence electrons. The lowest BCUT2D eigenvalue weighted by Gasteiger charge is -2.11. The minimum absolute atomic E-state index is 0.00565. The second-order valence-electron chi connectivity index (χ2n) is 6.63. The fraction of sp³-hybridized carbons (Fsp3) is 0.136. The monoisotopic (exact) mass is 404 g/mol. The number of hydrogen-bond donors (Lipinski definition) is 0. The van der Waals surface area contributed by atoms with Crippen LogP contribution in [-0.2, 0) is 11.3 Å². The maximum Gasteiger partial charge on any atom is 0.340 e. The number of nitro groups is 1. The van der Waals surface area contributed by atoms with Crippen molar-refractivity contribution in [2.45, 2.75) is 6.61 Å². The van der Waals surface area contributed by atoms with Gasteiger partial charge in [-0.1, -0.05) is 12.1 Å². The Hall–Kier alpha value is -4.07. The number of rotatable bonds is 7. The molecule has 0 amide bonds. The highest BCUT2D eigenvalue weighted by molar-refractivity contribution is 5.94. The number of nitro benzene ring substituents is 1. The number of azo groups is 1. The van der Waals surface area contributed by atoms with Crippen LogP contribution >= 0.6 is 0 Å². The van der Waals surface area contributed by atoms with E-state index in [4.69, 9.17) is 4.74 Å². The molecule has 0 unspecified atom stereocenters. The molecular weight excluding hydrogens is 384 g/mol. The van der Waals surface area contributed by atoms with E-state index in [1.165, 1.54) is 12.1 Å². The van der Waals surface area contributed by atoms with Gasteiger partial charge in [-0.25, -0.2) is 4.79 Å². The molecule has 8 nitrogen and oxygen atoms in total. The number of non-ortho nitro benzene ring substituents is 1. The van der Waals surface area contributed by atoms with Gasteiger partial charge in [0.05, 0.1) is 16.2 Å². The molecule has 0 spiro atoms. The maximum atomic E-state index is 12.5. The fourth-order valence-electron chi connectivity index (χ4n) is 2.60. The van der Waals surface area contributed by atoms with Crippen LogP contribution in [0.4, 0.5) is 22.7 Å². The van der Waals surface area contributed by atoms with Crippen molar-refractivity contribution >= 4 is 28.7 Å². The summed E-state index contributed by atoms with van der Waals surface area (Å²) in [5, 5.41) is 19.1. The quantitative estimate of drug-likeness (QED) is 0.226. The van der Waals surface area contributed by atoms with E-state index in [2.05, 4.69) is 10.2 Å². The molecule has 0 aromatic heterocycles. The molecule has 30 heavy (non-hydrogen) atoms. The van der Waals surface area contributed by atoms with Crippen molar-refractivity contribution in [2.75, 3.05) is 19.0 Å². The Balaban J connectivity index is 1.69. The first kappa shape index (κ1) is 20.7. The minimum atomic E-state index is -0.550. The van der Waals surface area contributed by atoms with Crippen LogP contribution in [0.2, 0.25) is 0 Å². The summed E-state index contributed by atoms with van der Waals surface area (Å²) in [5.74, 6) is -0.550. The topological polar surface area (TPSA) is 97.4 Å². The van der Waals surface area contributed by atoms with Crippen LogP contribution < -0.4 is 4.90 Å². The van der Waals surface area contributed by atoms with Crippen LogP contribution in [0.5, 0.6) is 0 Å². The number of esters is 1. The summed E-state index contributed by atoms with van der Waals surface area (Å²) in [6, 6.07) is 20.1. The molecule has 0 radical (unpaired) electrons. The SMILES string of the molecule is CN(C)c1ccc(N=Nc2ccccc2C(=O)OCc2ccc([N+](=O)[O-])cc2)cc1. The van der Waals surface area contributed by atoms with E-state index in [0.717, 1.165) is 5.69 Å². The van der Waals surface area contributed by atoms with Crippen LogP contribution in [0.1, 0.15) is 15.9 Å². The molecule has 0 saturated heterocycles. The molecule has 0 atom stereocenters. The van der Waals surface area contributed by atoms with Gasteiger partial charge >= 0.3 is 5.97 Å². The van der Waals surface area contributed by atoms with Gasteiger partial charge in [-0.3, -0.25) is 10.1 Å². The van der Waals surface area contributed by atoms with Crippen molar-refractivity contribution in [2.24, 2.45) is 10.2 Å². The van der Waals surface area contributed by atoms with Gasteiger partial charge < -0.3 is 9.64 Å². The molecular formula is C22H20N4O4. The van der Waals surface area contributed by atoms with E-state index >= 15 is 0 Å². The molecule has 0 N–H and O–H groups in total. The molecule has 3 aromatic rings. The van der Waals surface area contributed by atoms with Crippen LogP contribution in [-0.4, -0.2) is 25.0 Å². The van der Waals surface area contributed by atoms with Crippen molar-refractivity contribution in [1.29, 1.82) is 0 Å². The molecule has 3 rings (SSSR count). The summed E-state index contributed by atoms with van der Waals surface area (Å²) in [4.78, 5) is 24.7. The first-order valence-electron chi connectivity index (χ1n) is 9.12. The first-order chi connectivity index (χ1) is 14.4. The average molecular weight is 404 g/mol. The third-order valence-electron chi connectivity index (χ3n) is 4.28. The van der Waals surface area contributed by atoms with Gasteiger partial charge in [-0.15, -0.1) is 5.11 Å². The Labute approximate surface area is 173 Å². The zero-order valence-corrected chi connectivity index (χ0v) is 16.6. The summed E-state index contributed by atoms with van der Waals surface area (Å²) in [5.41, 5.74) is 3.01. The highest BCUT2D eigenvalue weighted by Crippen LogP contribution is 2.25. The predicted molar refractivity (Wildman–Crippen MR) is 114 cm³/mol. The lowest BCUT2D eigenvalue weighted by Crippen LogP contribution is -2.07. The third-order valence-corrected chi connectivity index (χ3v) is 4.28. The standard InChI is InChI=1S/C22H20N4O4/c1-25(2)18-13-9-17(10-14-18)23-24-21-6-4-3-5-20(21)22(27)30-15-16-7-11-19(12-8-16)26(28)29/h3-14H,15H2,1-2H3. The summed E-state index contributed by atoms with van der Waals surface area (Å²) < 4.78 is 5.33. The van der Waals surface area contributed by atoms with Gasteiger partial charge in [-0.2, -0.15) is 5.11 Å². The van der Waals surface area contributed by atoms with Gasteiger partial charge in [0.1, 0.15) is 12.3 Å². The zero-order chi connectivity index (χ0) is 21.5. The summed E-state index contributed by atoms with van der Waals surface area (Å²) in [7, 11) is 3.91. The van der Waals surface area contributed by atoms with E-state index in [0.29, 0.717) is 16.9 Å². The van der Waals surface area contributed by atoms with E-state index < -0.39 is 10.9 Å². The molecule has 0 heterocycles. The van der Waals surface area contributed by atoms with Crippen molar-refractivity contribution in [1.82, 2.24) is 0 Å². The van der Waals surface area contributed by atoms with Crippen LogP contribution in [0.3, 0.4) is 0 Å². The number of nitrogens with zero attached hydrogens (tertiary/aromatic N) is 4. The Kier molecular flexibility index (Phi) is 6.49. The molecule has 3 aromatic carbocycles. The summed E-state index contributed by atoms with van der Waals surface area (Å²) in [6.07, 6.45) is 0. The largest absolute Gasteiger partial charge is 0.457 e. The number of carbonyl (C=O) groups excluding carboxylic acids is 1. The van der Waals surface area contributed by atoms with Crippen LogP contribution in [0.15, 0.2) is 83.0 Å². The maximum absolute atomic E-state index is 12.5. The summed E-state index contributed by atoms with van der Waals surface area (Å²) >= 11 is 0. The Bertz CT molecular complexity index is 1060. The average Bonchev–Trinajstić information content (AvgIpc) is 2.76. The molecule has 0 saturated carbocycles. The Morgan fingerprint density at radius 1 is 0.967 bits per heavy atom. The Morgan fingerprint density at radius 2 is 1.63 bits per heavy atom. The van der Waals surface area contributed by atoms with E-state index in [1.54, 1.807) is 36.4 Å². The zero-order valence-electron chi connectivity index (χ0n) is 16.6. The van der Waals surface area contributed by atoms with E-state index in [1.807, 2.05) is 43.3 Å². The van der Waals surface area contributed by atoms with Crippen molar-refractivity contribution in [3.8, 4) is 0 Å². The number of benzene rings is 3. The molecule has 0 aliphatic rings. The second kappa shape index (κ2) is 9.42. The number of anilines is 1. The number of carbonyl (C=O) groups is 1.